The number of rotatable bonds is 5. The first kappa shape index (κ1) is 21.6. The van der Waals surface area contributed by atoms with Gasteiger partial charge in [0.2, 0.25) is 0 Å². The Morgan fingerprint density at radius 1 is 0.938 bits per heavy atom. The molecule has 4 heteroatoms. The number of carbonyl (C=O) groups is 1. The second-order valence-electron chi connectivity index (χ2n) is 8.35. The SMILES string of the molecule is COc1ccc(-c2nc3ccccc3c(C(=O)Nc3c(C)cccc3C(C)C)c2C)cc1. The Bertz CT molecular complexity index is 1290. The van der Waals surface area contributed by atoms with Crippen LogP contribution in [0.3, 0.4) is 0 Å². The fourth-order valence-electron chi connectivity index (χ4n) is 4.15. The van der Waals surface area contributed by atoms with Gasteiger partial charge in [-0.2, -0.15) is 0 Å². The quantitative estimate of drug-likeness (QED) is 0.379. The minimum absolute atomic E-state index is 0.118. The van der Waals surface area contributed by atoms with Gasteiger partial charge in [-0.15, -0.1) is 0 Å². The van der Waals surface area contributed by atoms with E-state index in [1.54, 1.807) is 7.11 Å². The molecule has 4 aromatic rings. The molecule has 0 aliphatic carbocycles. The van der Waals surface area contributed by atoms with Gasteiger partial charge in [-0.3, -0.25) is 4.79 Å². The van der Waals surface area contributed by atoms with Crippen molar-refractivity contribution in [3.8, 4) is 17.0 Å². The summed E-state index contributed by atoms with van der Waals surface area (Å²) in [5, 5.41) is 4.07. The molecule has 0 aliphatic heterocycles. The molecule has 0 radical (unpaired) electrons. The minimum Gasteiger partial charge on any atom is -0.497 e. The number of anilines is 1. The van der Waals surface area contributed by atoms with Gasteiger partial charge < -0.3 is 10.1 Å². The summed E-state index contributed by atoms with van der Waals surface area (Å²) < 4.78 is 5.29. The van der Waals surface area contributed by atoms with Crippen LogP contribution in [0.25, 0.3) is 22.2 Å². The normalized spacial score (nSPS) is 11.1. The molecule has 0 aliphatic rings. The molecule has 0 fully saturated rings. The third-order valence-electron chi connectivity index (χ3n) is 5.89. The fraction of sp³-hybridized carbons (Fsp3) is 0.214. The van der Waals surface area contributed by atoms with Crippen molar-refractivity contribution in [3.05, 3.63) is 89.0 Å². The van der Waals surface area contributed by atoms with E-state index in [0.29, 0.717) is 11.5 Å². The van der Waals surface area contributed by atoms with Crippen LogP contribution in [0.4, 0.5) is 5.69 Å². The van der Waals surface area contributed by atoms with E-state index in [9.17, 15) is 4.79 Å². The zero-order chi connectivity index (χ0) is 22.8. The topological polar surface area (TPSA) is 51.2 Å². The molecular formula is C28H28N2O2. The molecule has 3 aromatic carbocycles. The molecule has 162 valence electrons. The lowest BCUT2D eigenvalue weighted by Gasteiger charge is -2.19. The number of nitrogens with zero attached hydrogens (tertiary/aromatic N) is 1. The number of aromatic nitrogens is 1. The van der Waals surface area contributed by atoms with Crippen molar-refractivity contribution in [1.29, 1.82) is 0 Å². The Kier molecular flexibility index (Phi) is 5.95. The van der Waals surface area contributed by atoms with Crippen LogP contribution in [0.2, 0.25) is 0 Å². The number of aryl methyl sites for hydroxylation is 1. The van der Waals surface area contributed by atoms with Gasteiger partial charge in [0.05, 0.1) is 23.9 Å². The summed E-state index contributed by atoms with van der Waals surface area (Å²) >= 11 is 0. The van der Waals surface area contributed by atoms with E-state index in [1.807, 2.05) is 74.5 Å². The van der Waals surface area contributed by atoms with Crippen LogP contribution in [-0.4, -0.2) is 18.0 Å². The van der Waals surface area contributed by atoms with Crippen LogP contribution in [0.1, 0.15) is 46.8 Å². The number of amides is 1. The zero-order valence-corrected chi connectivity index (χ0v) is 19.2. The van der Waals surface area contributed by atoms with Gasteiger partial charge in [-0.1, -0.05) is 50.2 Å². The summed E-state index contributed by atoms with van der Waals surface area (Å²) in [7, 11) is 1.65. The van der Waals surface area contributed by atoms with E-state index in [-0.39, 0.29) is 5.91 Å². The number of hydrogen-bond donors (Lipinski definition) is 1. The highest BCUT2D eigenvalue weighted by Crippen LogP contribution is 2.33. The maximum atomic E-state index is 13.7. The van der Waals surface area contributed by atoms with Crippen molar-refractivity contribution in [2.24, 2.45) is 0 Å². The van der Waals surface area contributed by atoms with Gasteiger partial charge in [0, 0.05) is 16.6 Å². The maximum Gasteiger partial charge on any atom is 0.256 e. The lowest BCUT2D eigenvalue weighted by Crippen LogP contribution is -2.17. The van der Waals surface area contributed by atoms with Crippen LogP contribution >= 0.6 is 0 Å². The first-order valence-electron chi connectivity index (χ1n) is 10.8. The number of pyridine rings is 1. The molecule has 1 N–H and O–H groups in total. The number of benzene rings is 3. The van der Waals surface area contributed by atoms with Crippen molar-refractivity contribution in [3.63, 3.8) is 0 Å². The average Bonchev–Trinajstić information content (AvgIpc) is 2.79. The molecule has 32 heavy (non-hydrogen) atoms. The molecule has 4 nitrogen and oxygen atoms in total. The number of para-hydroxylation sites is 2. The summed E-state index contributed by atoms with van der Waals surface area (Å²) in [6.07, 6.45) is 0. The van der Waals surface area contributed by atoms with E-state index in [0.717, 1.165) is 50.3 Å². The Balaban J connectivity index is 1.87. The van der Waals surface area contributed by atoms with Crippen molar-refractivity contribution in [2.75, 3.05) is 12.4 Å². The zero-order valence-electron chi connectivity index (χ0n) is 19.2. The number of fused-ring (bicyclic) bond motifs is 1. The first-order chi connectivity index (χ1) is 15.4. The van der Waals surface area contributed by atoms with Crippen LogP contribution < -0.4 is 10.1 Å². The number of nitrogens with one attached hydrogen (secondary N) is 1. The maximum absolute atomic E-state index is 13.7. The van der Waals surface area contributed by atoms with E-state index < -0.39 is 0 Å². The fourth-order valence-corrected chi connectivity index (χ4v) is 4.15. The van der Waals surface area contributed by atoms with Gasteiger partial charge in [-0.05, 0) is 66.8 Å². The van der Waals surface area contributed by atoms with Gasteiger partial charge >= 0.3 is 0 Å². The van der Waals surface area contributed by atoms with E-state index in [1.165, 1.54) is 0 Å². The lowest BCUT2D eigenvalue weighted by molar-refractivity contribution is 0.102. The van der Waals surface area contributed by atoms with Crippen LogP contribution in [-0.2, 0) is 0 Å². The highest BCUT2D eigenvalue weighted by atomic mass is 16.5. The van der Waals surface area contributed by atoms with Crippen LogP contribution in [0, 0.1) is 13.8 Å². The smallest absolute Gasteiger partial charge is 0.256 e. The number of ether oxygens (including phenoxy) is 1. The van der Waals surface area contributed by atoms with Crippen molar-refractivity contribution < 1.29 is 9.53 Å². The molecule has 1 aromatic heterocycles. The molecule has 1 amide bonds. The van der Waals surface area contributed by atoms with Crippen LogP contribution in [0.5, 0.6) is 5.75 Å². The standard InChI is InChI=1S/C28H28N2O2/c1-17(2)22-11-8-9-18(3)26(22)30-28(31)25-19(4)27(20-13-15-21(32-5)16-14-20)29-24-12-7-6-10-23(24)25/h6-17H,1-5H3,(H,30,31). The minimum atomic E-state index is -0.118. The van der Waals surface area contributed by atoms with Gasteiger partial charge in [-0.25, -0.2) is 4.98 Å². The lowest BCUT2D eigenvalue weighted by atomic mass is 9.95. The third kappa shape index (κ3) is 3.96. The summed E-state index contributed by atoms with van der Waals surface area (Å²) in [5.74, 6) is 0.966. The predicted molar refractivity (Wildman–Crippen MR) is 132 cm³/mol. The molecule has 0 saturated heterocycles. The summed E-state index contributed by atoms with van der Waals surface area (Å²) in [4.78, 5) is 18.6. The largest absolute Gasteiger partial charge is 0.497 e. The Labute approximate surface area is 189 Å². The molecular weight excluding hydrogens is 396 g/mol. The van der Waals surface area contributed by atoms with Gasteiger partial charge in [0.15, 0.2) is 0 Å². The molecule has 0 spiro atoms. The van der Waals surface area contributed by atoms with Crippen molar-refractivity contribution in [2.45, 2.75) is 33.6 Å². The first-order valence-corrected chi connectivity index (χ1v) is 10.8. The Morgan fingerprint density at radius 3 is 2.34 bits per heavy atom. The van der Waals surface area contributed by atoms with Crippen molar-refractivity contribution in [1.82, 2.24) is 4.98 Å². The third-order valence-corrected chi connectivity index (χ3v) is 5.89. The monoisotopic (exact) mass is 424 g/mol. The Hall–Kier alpha value is -3.66. The molecule has 1 heterocycles. The van der Waals surface area contributed by atoms with Gasteiger partial charge in [0.25, 0.3) is 5.91 Å². The Morgan fingerprint density at radius 2 is 1.66 bits per heavy atom. The van der Waals surface area contributed by atoms with E-state index in [2.05, 4.69) is 25.2 Å². The predicted octanol–water partition coefficient (Wildman–Crippen LogP) is 6.90. The highest BCUT2D eigenvalue weighted by Gasteiger charge is 2.21. The van der Waals surface area contributed by atoms with E-state index >= 15 is 0 Å². The summed E-state index contributed by atoms with van der Waals surface area (Å²) in [5.41, 5.74) is 7.11. The summed E-state index contributed by atoms with van der Waals surface area (Å²) in [6, 6.07) is 21.7. The number of hydrogen-bond acceptors (Lipinski definition) is 3. The molecule has 0 unspecified atom stereocenters. The second kappa shape index (κ2) is 8.83. The van der Waals surface area contributed by atoms with Crippen LogP contribution in [0.15, 0.2) is 66.7 Å². The molecule has 0 saturated carbocycles. The second-order valence-corrected chi connectivity index (χ2v) is 8.35. The van der Waals surface area contributed by atoms with Gasteiger partial charge in [0.1, 0.15) is 5.75 Å². The molecule has 0 atom stereocenters. The molecule has 4 rings (SSSR count). The number of methoxy groups -OCH3 is 1. The van der Waals surface area contributed by atoms with E-state index in [4.69, 9.17) is 9.72 Å². The highest BCUT2D eigenvalue weighted by molar-refractivity contribution is 6.14. The molecule has 0 bridgehead atoms. The van der Waals surface area contributed by atoms with Crippen molar-refractivity contribution >= 4 is 22.5 Å². The summed E-state index contributed by atoms with van der Waals surface area (Å²) in [6.45, 7) is 8.27. The average molecular weight is 425 g/mol. The number of carbonyl (C=O) groups excluding carboxylic acids is 1.